The highest BCUT2D eigenvalue weighted by atomic mass is 79.9. The van der Waals surface area contributed by atoms with Gasteiger partial charge in [-0.25, -0.2) is 0 Å². The summed E-state index contributed by atoms with van der Waals surface area (Å²) < 4.78 is 6.48. The number of H-pyrrole nitrogens is 1. The fraction of sp³-hybridized carbons (Fsp3) is 0.136. The van der Waals surface area contributed by atoms with Gasteiger partial charge in [-0.2, -0.15) is 5.26 Å². The van der Waals surface area contributed by atoms with Crippen LogP contribution in [0.2, 0.25) is 0 Å². The summed E-state index contributed by atoms with van der Waals surface area (Å²) in [5.74, 6) is 0.134. The van der Waals surface area contributed by atoms with E-state index in [4.69, 9.17) is 4.74 Å². The number of nitriles is 1. The Hall–Kier alpha value is -3.37. The molecular weight excluding hydrogens is 434 g/mol. The molecule has 0 saturated heterocycles. The quantitative estimate of drug-likeness (QED) is 0.597. The molecule has 1 heterocycles. The van der Waals surface area contributed by atoms with Crippen LogP contribution in [0.4, 0.5) is 0 Å². The Morgan fingerprint density at radius 1 is 1.17 bits per heavy atom. The van der Waals surface area contributed by atoms with Gasteiger partial charge in [0.1, 0.15) is 17.4 Å². The molecule has 0 spiro atoms. The second-order valence-electron chi connectivity index (χ2n) is 6.37. The number of hydrogen-bond donors (Lipinski definition) is 2. The number of carbonyl (C=O) groups excluding carboxylic acids is 1. The highest BCUT2D eigenvalue weighted by Crippen LogP contribution is 2.34. The molecule has 1 amide bonds. The van der Waals surface area contributed by atoms with E-state index in [1.54, 1.807) is 31.2 Å². The average molecular weight is 452 g/mol. The van der Waals surface area contributed by atoms with Crippen molar-refractivity contribution in [2.45, 2.75) is 13.5 Å². The molecule has 0 atom stereocenters. The zero-order chi connectivity index (χ0) is 20.8. The maximum absolute atomic E-state index is 12.2. The maximum Gasteiger partial charge on any atom is 0.266 e. The third-order valence-electron chi connectivity index (χ3n) is 4.20. The number of nitrogens with zero attached hydrogens (tertiary/aromatic N) is 1. The number of halogens is 1. The van der Waals surface area contributed by atoms with Gasteiger partial charge in [0.15, 0.2) is 6.61 Å². The van der Waals surface area contributed by atoms with Crippen molar-refractivity contribution in [2.24, 2.45) is 0 Å². The highest BCUT2D eigenvalue weighted by Gasteiger charge is 2.16. The third kappa shape index (κ3) is 5.12. The van der Waals surface area contributed by atoms with Crippen LogP contribution in [0.15, 0.2) is 63.9 Å². The monoisotopic (exact) mass is 451 g/mol. The van der Waals surface area contributed by atoms with E-state index in [-0.39, 0.29) is 18.1 Å². The molecule has 1 aromatic heterocycles. The first-order valence-electron chi connectivity index (χ1n) is 8.85. The first-order valence-corrected chi connectivity index (χ1v) is 9.64. The molecule has 0 bridgehead atoms. The second-order valence-corrected chi connectivity index (χ2v) is 7.29. The summed E-state index contributed by atoms with van der Waals surface area (Å²) in [4.78, 5) is 27.0. The molecule has 2 N–H and O–H groups in total. The van der Waals surface area contributed by atoms with Crippen LogP contribution in [0.5, 0.6) is 5.75 Å². The normalized spacial score (nSPS) is 10.2. The number of benzene rings is 2. The van der Waals surface area contributed by atoms with Gasteiger partial charge in [0.2, 0.25) is 0 Å². The summed E-state index contributed by atoms with van der Waals surface area (Å²) in [6, 6.07) is 18.4. The molecule has 0 unspecified atom stereocenters. The lowest BCUT2D eigenvalue weighted by Gasteiger charge is -2.14. The summed E-state index contributed by atoms with van der Waals surface area (Å²) in [5, 5.41) is 12.2. The van der Waals surface area contributed by atoms with Crippen molar-refractivity contribution < 1.29 is 9.53 Å². The number of rotatable bonds is 6. The van der Waals surface area contributed by atoms with Crippen molar-refractivity contribution >= 4 is 21.8 Å². The first kappa shape index (κ1) is 20.4. The number of amides is 1. The Balaban J connectivity index is 1.81. The number of nitrogens with one attached hydrogen (secondary N) is 2. The van der Waals surface area contributed by atoms with Gasteiger partial charge in [-0.3, -0.25) is 9.59 Å². The largest absolute Gasteiger partial charge is 0.483 e. The van der Waals surface area contributed by atoms with Gasteiger partial charge < -0.3 is 15.0 Å². The first-order chi connectivity index (χ1) is 14.0. The lowest BCUT2D eigenvalue weighted by atomic mass is 10.00. The molecule has 6 nitrogen and oxygen atoms in total. The minimum atomic E-state index is -0.464. The molecule has 0 aliphatic heterocycles. The van der Waals surface area contributed by atoms with E-state index in [0.717, 1.165) is 10.0 Å². The Morgan fingerprint density at radius 2 is 1.93 bits per heavy atom. The van der Waals surface area contributed by atoms with E-state index in [1.165, 1.54) is 0 Å². The van der Waals surface area contributed by atoms with Gasteiger partial charge >= 0.3 is 0 Å². The molecule has 29 heavy (non-hydrogen) atoms. The molecule has 3 rings (SSSR count). The Bertz CT molecular complexity index is 1130. The van der Waals surface area contributed by atoms with E-state index in [1.807, 2.05) is 36.4 Å². The van der Waals surface area contributed by atoms with Crippen LogP contribution in [0.25, 0.3) is 11.1 Å². The highest BCUT2D eigenvalue weighted by molar-refractivity contribution is 9.10. The predicted octanol–water partition coefficient (Wildman–Crippen LogP) is 3.68. The maximum atomic E-state index is 12.2. The molecule has 3 aromatic rings. The van der Waals surface area contributed by atoms with E-state index < -0.39 is 5.56 Å². The van der Waals surface area contributed by atoms with Crippen LogP contribution in [-0.4, -0.2) is 17.5 Å². The Labute approximate surface area is 176 Å². The van der Waals surface area contributed by atoms with Crippen molar-refractivity contribution in [2.75, 3.05) is 6.61 Å². The molecule has 0 saturated carbocycles. The van der Waals surface area contributed by atoms with Gasteiger partial charge in [-0.1, -0.05) is 46.3 Å². The molecule has 146 valence electrons. The van der Waals surface area contributed by atoms with Gasteiger partial charge in [-0.05, 0) is 36.8 Å². The summed E-state index contributed by atoms with van der Waals surface area (Å²) in [6.45, 7) is 1.95. The van der Waals surface area contributed by atoms with Crippen LogP contribution < -0.4 is 15.6 Å². The minimum Gasteiger partial charge on any atom is -0.483 e. The van der Waals surface area contributed by atoms with Gasteiger partial charge in [0, 0.05) is 27.8 Å². The number of aromatic nitrogens is 1. The summed E-state index contributed by atoms with van der Waals surface area (Å²) in [7, 11) is 0. The van der Waals surface area contributed by atoms with Crippen LogP contribution in [-0.2, 0) is 11.3 Å². The van der Waals surface area contributed by atoms with Gasteiger partial charge in [-0.15, -0.1) is 0 Å². The lowest BCUT2D eigenvalue weighted by molar-refractivity contribution is -0.123. The Kier molecular flexibility index (Phi) is 6.47. The van der Waals surface area contributed by atoms with Crippen molar-refractivity contribution in [1.82, 2.24) is 10.3 Å². The van der Waals surface area contributed by atoms with Crippen molar-refractivity contribution in [1.29, 1.82) is 5.26 Å². The van der Waals surface area contributed by atoms with Crippen molar-refractivity contribution in [3.8, 4) is 22.9 Å². The summed E-state index contributed by atoms with van der Waals surface area (Å²) >= 11 is 3.40. The van der Waals surface area contributed by atoms with Crippen LogP contribution >= 0.6 is 15.9 Å². The van der Waals surface area contributed by atoms with Crippen molar-refractivity contribution in [3.05, 3.63) is 86.2 Å². The predicted molar refractivity (Wildman–Crippen MR) is 113 cm³/mol. The van der Waals surface area contributed by atoms with Gasteiger partial charge in [0.25, 0.3) is 11.5 Å². The Morgan fingerprint density at radius 3 is 2.66 bits per heavy atom. The molecule has 0 aliphatic carbocycles. The zero-order valence-electron chi connectivity index (χ0n) is 15.7. The molecule has 0 radical (unpaired) electrons. The van der Waals surface area contributed by atoms with E-state index in [0.29, 0.717) is 29.1 Å². The van der Waals surface area contributed by atoms with E-state index >= 15 is 0 Å². The average Bonchev–Trinajstić information content (AvgIpc) is 2.71. The second kappa shape index (κ2) is 9.22. The summed E-state index contributed by atoms with van der Waals surface area (Å²) in [6.07, 6.45) is 0. The fourth-order valence-electron chi connectivity index (χ4n) is 2.84. The van der Waals surface area contributed by atoms with Crippen LogP contribution in [0, 0.1) is 18.3 Å². The smallest absolute Gasteiger partial charge is 0.266 e. The standard InChI is InChI=1S/C22H18BrN3O3/c1-14-9-17(19(11-24)22(28)26-14)18-10-16(23)7-8-20(18)29-13-21(27)25-12-15-5-3-2-4-6-15/h2-10H,12-13H2,1H3,(H,25,27)(H,26,28). The molecule has 0 fully saturated rings. The molecule has 0 aliphatic rings. The number of pyridine rings is 1. The SMILES string of the molecule is Cc1cc(-c2cc(Br)ccc2OCC(=O)NCc2ccccc2)c(C#N)c(=O)[nH]1. The third-order valence-corrected chi connectivity index (χ3v) is 4.70. The number of carbonyl (C=O) groups is 1. The molecule has 2 aromatic carbocycles. The number of aromatic amines is 1. The topological polar surface area (TPSA) is 95.0 Å². The van der Waals surface area contributed by atoms with Crippen LogP contribution in [0.3, 0.4) is 0 Å². The molecule has 7 heteroatoms. The minimum absolute atomic E-state index is 0.00733. The number of ether oxygens (including phenoxy) is 1. The van der Waals surface area contributed by atoms with Gasteiger partial charge in [0.05, 0.1) is 0 Å². The molecular formula is C22H18BrN3O3. The van der Waals surface area contributed by atoms with E-state index in [9.17, 15) is 14.9 Å². The zero-order valence-corrected chi connectivity index (χ0v) is 17.2. The summed E-state index contributed by atoms with van der Waals surface area (Å²) in [5.41, 5.74) is 2.15. The number of hydrogen-bond acceptors (Lipinski definition) is 4. The van der Waals surface area contributed by atoms with E-state index in [2.05, 4.69) is 26.2 Å². The van der Waals surface area contributed by atoms with Crippen molar-refractivity contribution in [3.63, 3.8) is 0 Å². The number of aryl methyl sites for hydroxylation is 1. The lowest BCUT2D eigenvalue weighted by Crippen LogP contribution is -2.28. The fourth-order valence-corrected chi connectivity index (χ4v) is 3.20. The van der Waals surface area contributed by atoms with Crippen LogP contribution in [0.1, 0.15) is 16.8 Å².